The maximum atomic E-state index is 5.86. The zero-order valence-corrected chi connectivity index (χ0v) is 13.9. The number of para-hydroxylation sites is 1. The van der Waals surface area contributed by atoms with Crippen LogP contribution in [0.4, 0.5) is 0 Å². The first kappa shape index (κ1) is 17.1. The number of aryl methyl sites for hydroxylation is 1. The molecule has 1 fully saturated rings. The van der Waals surface area contributed by atoms with Gasteiger partial charge in [0.2, 0.25) is 0 Å². The minimum Gasteiger partial charge on any atom is -0.491 e. The second-order valence-electron chi connectivity index (χ2n) is 6.10. The van der Waals surface area contributed by atoms with E-state index in [1.807, 2.05) is 0 Å². The minimum absolute atomic E-state index is 0.329. The molecule has 0 saturated carbocycles. The van der Waals surface area contributed by atoms with Gasteiger partial charge in [-0.15, -0.1) is 0 Å². The van der Waals surface area contributed by atoms with Crippen LogP contribution in [0, 0.1) is 0 Å². The summed E-state index contributed by atoms with van der Waals surface area (Å²) < 4.78 is 11.1. The first-order valence-electron chi connectivity index (χ1n) is 8.83. The molecular weight excluding hydrogens is 272 g/mol. The van der Waals surface area contributed by atoms with E-state index in [4.69, 9.17) is 9.47 Å². The van der Waals surface area contributed by atoms with Gasteiger partial charge in [-0.1, -0.05) is 56.0 Å². The van der Waals surface area contributed by atoms with Crippen molar-refractivity contribution >= 4 is 0 Å². The second kappa shape index (κ2) is 10.4. The van der Waals surface area contributed by atoms with Gasteiger partial charge in [0.25, 0.3) is 0 Å². The smallest absolute Gasteiger partial charge is 0.122 e. The van der Waals surface area contributed by atoms with E-state index in [-0.39, 0.29) is 0 Å². The molecule has 0 aromatic heterocycles. The molecule has 0 spiro atoms. The van der Waals surface area contributed by atoms with Crippen LogP contribution in [0.1, 0.15) is 57.4 Å². The summed E-state index contributed by atoms with van der Waals surface area (Å²) in [6.07, 6.45) is 15.1. The average Bonchev–Trinajstić information content (AvgIpc) is 3.36. The highest BCUT2D eigenvalue weighted by atomic mass is 16.6. The van der Waals surface area contributed by atoms with E-state index < -0.39 is 0 Å². The third kappa shape index (κ3) is 7.13. The summed E-state index contributed by atoms with van der Waals surface area (Å²) in [7, 11) is 0. The molecule has 0 N–H and O–H groups in total. The average molecular weight is 302 g/mol. The van der Waals surface area contributed by atoms with Crippen molar-refractivity contribution < 1.29 is 9.47 Å². The Balaban J connectivity index is 1.56. The van der Waals surface area contributed by atoms with Crippen molar-refractivity contribution in [3.8, 4) is 5.75 Å². The largest absolute Gasteiger partial charge is 0.491 e. The van der Waals surface area contributed by atoms with Gasteiger partial charge in [0.05, 0.1) is 6.61 Å². The Kier molecular flexibility index (Phi) is 8.11. The fourth-order valence-corrected chi connectivity index (χ4v) is 2.65. The molecule has 1 aromatic rings. The lowest BCUT2D eigenvalue weighted by Crippen LogP contribution is -2.05. The number of rotatable bonds is 12. The topological polar surface area (TPSA) is 21.8 Å². The molecule has 1 saturated heterocycles. The molecule has 0 radical (unpaired) electrons. The maximum absolute atomic E-state index is 5.86. The number of benzene rings is 1. The van der Waals surface area contributed by atoms with Gasteiger partial charge in [-0.25, -0.2) is 0 Å². The predicted molar refractivity (Wildman–Crippen MR) is 92.5 cm³/mol. The highest BCUT2D eigenvalue weighted by Gasteiger charge is 2.23. The molecule has 0 aliphatic carbocycles. The molecule has 0 bridgehead atoms. The number of epoxide rings is 1. The Hall–Kier alpha value is -1.28. The Bertz CT molecular complexity index is 435. The molecule has 1 aliphatic heterocycles. The molecule has 2 rings (SSSR count). The zero-order valence-electron chi connectivity index (χ0n) is 13.9. The predicted octanol–water partition coefficient (Wildman–Crippen LogP) is 5.31. The van der Waals surface area contributed by atoms with Crippen LogP contribution in [0.5, 0.6) is 5.75 Å². The van der Waals surface area contributed by atoms with Gasteiger partial charge in [0, 0.05) is 0 Å². The normalized spacial score (nSPS) is 17.0. The molecular formula is C20H30O2. The van der Waals surface area contributed by atoms with Crippen LogP contribution >= 0.6 is 0 Å². The van der Waals surface area contributed by atoms with Crippen molar-refractivity contribution in [2.75, 3.05) is 13.2 Å². The van der Waals surface area contributed by atoms with E-state index in [9.17, 15) is 0 Å². The van der Waals surface area contributed by atoms with E-state index in [2.05, 4.69) is 43.3 Å². The van der Waals surface area contributed by atoms with Crippen LogP contribution in [0.2, 0.25) is 0 Å². The van der Waals surface area contributed by atoms with Crippen molar-refractivity contribution in [1.82, 2.24) is 0 Å². The highest BCUT2D eigenvalue weighted by molar-refractivity contribution is 5.33. The lowest BCUT2D eigenvalue weighted by Gasteiger charge is -2.10. The first-order valence-corrected chi connectivity index (χ1v) is 8.83. The standard InChI is InChI=1S/C20H30O2/c1-2-3-4-5-6-7-8-9-10-13-18-14-11-12-15-20(18)22-17-19-16-21-19/h2-3,11-12,14-15,19H,4-10,13,16-17H2,1H3/b3-2+. The summed E-state index contributed by atoms with van der Waals surface area (Å²) in [6, 6.07) is 8.44. The molecule has 2 heteroatoms. The number of ether oxygens (including phenoxy) is 2. The Morgan fingerprint density at radius 2 is 1.82 bits per heavy atom. The highest BCUT2D eigenvalue weighted by Crippen LogP contribution is 2.22. The first-order chi connectivity index (χ1) is 10.9. The number of unbranched alkanes of at least 4 members (excludes halogenated alkanes) is 6. The lowest BCUT2D eigenvalue weighted by molar-refractivity contribution is 0.261. The van der Waals surface area contributed by atoms with Gasteiger partial charge in [0.1, 0.15) is 18.5 Å². The number of hydrogen-bond donors (Lipinski definition) is 0. The molecule has 2 nitrogen and oxygen atoms in total. The van der Waals surface area contributed by atoms with Crippen LogP contribution in [-0.2, 0) is 11.2 Å². The molecule has 0 amide bonds. The van der Waals surface area contributed by atoms with Gasteiger partial charge in [-0.05, 0) is 44.2 Å². The number of hydrogen-bond acceptors (Lipinski definition) is 2. The second-order valence-corrected chi connectivity index (χ2v) is 6.10. The third-order valence-corrected chi connectivity index (χ3v) is 4.10. The Morgan fingerprint density at radius 3 is 2.59 bits per heavy atom. The van der Waals surface area contributed by atoms with Gasteiger partial charge < -0.3 is 9.47 Å². The van der Waals surface area contributed by atoms with Crippen molar-refractivity contribution in [2.24, 2.45) is 0 Å². The zero-order chi connectivity index (χ0) is 15.5. The summed E-state index contributed by atoms with van der Waals surface area (Å²) in [5.41, 5.74) is 1.34. The van der Waals surface area contributed by atoms with Crippen molar-refractivity contribution in [2.45, 2.75) is 64.4 Å². The maximum Gasteiger partial charge on any atom is 0.122 e. The van der Waals surface area contributed by atoms with Crippen molar-refractivity contribution in [1.29, 1.82) is 0 Å². The van der Waals surface area contributed by atoms with Crippen LogP contribution in [0.3, 0.4) is 0 Å². The van der Waals surface area contributed by atoms with Gasteiger partial charge in [-0.3, -0.25) is 0 Å². The summed E-state index contributed by atoms with van der Waals surface area (Å²) in [4.78, 5) is 0. The number of allylic oxidation sites excluding steroid dienone is 2. The van der Waals surface area contributed by atoms with Gasteiger partial charge in [-0.2, -0.15) is 0 Å². The monoisotopic (exact) mass is 302 g/mol. The Morgan fingerprint density at radius 1 is 1.09 bits per heavy atom. The fourth-order valence-electron chi connectivity index (χ4n) is 2.65. The summed E-state index contributed by atoms with van der Waals surface area (Å²) in [5, 5.41) is 0. The molecule has 122 valence electrons. The molecule has 1 heterocycles. The van der Waals surface area contributed by atoms with Crippen molar-refractivity contribution in [3.63, 3.8) is 0 Å². The lowest BCUT2D eigenvalue weighted by atomic mass is 10.0. The SMILES string of the molecule is C/C=C/CCCCCCCCc1ccccc1OCC1CO1. The molecule has 1 unspecified atom stereocenters. The van der Waals surface area contributed by atoms with Crippen LogP contribution in [0.15, 0.2) is 36.4 Å². The van der Waals surface area contributed by atoms with E-state index in [0.717, 1.165) is 18.8 Å². The van der Waals surface area contributed by atoms with E-state index in [1.54, 1.807) is 0 Å². The van der Waals surface area contributed by atoms with Crippen LogP contribution in [0.25, 0.3) is 0 Å². The quantitative estimate of drug-likeness (QED) is 0.296. The van der Waals surface area contributed by atoms with E-state index in [1.165, 1.54) is 50.5 Å². The fraction of sp³-hybridized carbons (Fsp3) is 0.600. The summed E-state index contributed by atoms with van der Waals surface area (Å²) in [5.74, 6) is 1.05. The van der Waals surface area contributed by atoms with Crippen molar-refractivity contribution in [3.05, 3.63) is 42.0 Å². The molecule has 1 aromatic carbocycles. The summed E-state index contributed by atoms with van der Waals surface area (Å²) in [6.45, 7) is 3.65. The van der Waals surface area contributed by atoms with Gasteiger partial charge >= 0.3 is 0 Å². The van der Waals surface area contributed by atoms with Crippen LogP contribution < -0.4 is 4.74 Å². The summed E-state index contributed by atoms with van der Waals surface area (Å²) >= 11 is 0. The van der Waals surface area contributed by atoms with Gasteiger partial charge in [0.15, 0.2) is 0 Å². The minimum atomic E-state index is 0.329. The molecule has 1 aliphatic rings. The Labute approximate surface area is 135 Å². The van der Waals surface area contributed by atoms with Crippen LogP contribution in [-0.4, -0.2) is 19.3 Å². The third-order valence-electron chi connectivity index (χ3n) is 4.10. The van der Waals surface area contributed by atoms with E-state index in [0.29, 0.717) is 12.7 Å². The van der Waals surface area contributed by atoms with E-state index >= 15 is 0 Å². The molecule has 22 heavy (non-hydrogen) atoms. The molecule has 1 atom stereocenters.